The van der Waals surface area contributed by atoms with E-state index in [1.807, 2.05) is 19.2 Å². The van der Waals surface area contributed by atoms with Crippen LogP contribution in [0.25, 0.3) is 0 Å². The third kappa shape index (κ3) is 5.73. The van der Waals surface area contributed by atoms with Gasteiger partial charge >= 0.3 is 0 Å². The number of nitrogens with zero attached hydrogens (tertiary/aromatic N) is 1. The Morgan fingerprint density at radius 3 is 2.45 bits per heavy atom. The molecule has 168 valence electrons. The summed E-state index contributed by atoms with van der Waals surface area (Å²) >= 11 is 0. The van der Waals surface area contributed by atoms with E-state index >= 15 is 0 Å². The molecular formula is C24H34N4O3. The fourth-order valence-electron chi connectivity index (χ4n) is 4.52. The van der Waals surface area contributed by atoms with Gasteiger partial charge in [0.1, 0.15) is 18.1 Å². The van der Waals surface area contributed by atoms with Crippen LogP contribution in [-0.4, -0.2) is 47.8 Å². The second-order valence-electron chi connectivity index (χ2n) is 8.68. The summed E-state index contributed by atoms with van der Waals surface area (Å²) in [4.78, 5) is 39.9. The van der Waals surface area contributed by atoms with Crippen LogP contribution in [0.5, 0.6) is 0 Å². The standard InChI is InChI=1S/C24H34N4O3/c1-16(26-23(30)21(25)18-12-7-4-8-13-18)22(29)27-19-14-9-15-20(28(2)24(19)31)17-10-5-3-6-11-17/h4,7-9,12-13,15-17,19-21H,3,5-6,10-11,14,25H2,1-2H3,(H,26,30)(H,27,29)/t16-,19-,20+,21-/m0/s1. The molecule has 31 heavy (non-hydrogen) atoms. The van der Waals surface area contributed by atoms with Gasteiger partial charge in [-0.2, -0.15) is 0 Å². The molecule has 7 heteroatoms. The van der Waals surface area contributed by atoms with E-state index in [0.29, 0.717) is 17.9 Å². The van der Waals surface area contributed by atoms with Crippen molar-refractivity contribution >= 4 is 17.7 Å². The first-order valence-corrected chi connectivity index (χ1v) is 11.2. The zero-order chi connectivity index (χ0) is 22.4. The number of carbonyl (C=O) groups excluding carboxylic acids is 3. The quantitative estimate of drug-likeness (QED) is 0.606. The van der Waals surface area contributed by atoms with Crippen molar-refractivity contribution in [2.75, 3.05) is 7.05 Å². The molecule has 1 fully saturated rings. The number of hydrogen-bond donors (Lipinski definition) is 3. The fraction of sp³-hybridized carbons (Fsp3) is 0.542. The average Bonchev–Trinajstić information content (AvgIpc) is 2.93. The van der Waals surface area contributed by atoms with E-state index in [2.05, 4.69) is 16.7 Å². The topological polar surface area (TPSA) is 105 Å². The van der Waals surface area contributed by atoms with Crippen molar-refractivity contribution in [3.05, 3.63) is 48.0 Å². The third-order valence-electron chi connectivity index (χ3n) is 6.44. The Morgan fingerprint density at radius 1 is 1.10 bits per heavy atom. The lowest BCUT2D eigenvalue weighted by Gasteiger charge is -2.35. The lowest BCUT2D eigenvalue weighted by molar-refractivity contribution is -0.137. The van der Waals surface area contributed by atoms with Gasteiger partial charge in [-0.25, -0.2) is 0 Å². The van der Waals surface area contributed by atoms with Crippen molar-refractivity contribution in [1.82, 2.24) is 15.5 Å². The first-order chi connectivity index (χ1) is 14.9. The number of likely N-dealkylation sites (N-methyl/N-ethyl adjacent to an activating group) is 1. The fourth-order valence-corrected chi connectivity index (χ4v) is 4.52. The van der Waals surface area contributed by atoms with Gasteiger partial charge in [0.25, 0.3) is 0 Å². The summed E-state index contributed by atoms with van der Waals surface area (Å²) in [5.74, 6) is -0.445. The van der Waals surface area contributed by atoms with E-state index in [4.69, 9.17) is 5.73 Å². The van der Waals surface area contributed by atoms with Crippen molar-refractivity contribution < 1.29 is 14.4 Å². The highest BCUT2D eigenvalue weighted by Gasteiger charge is 2.34. The smallest absolute Gasteiger partial charge is 0.245 e. The Balaban J connectivity index is 1.56. The number of carbonyl (C=O) groups is 3. The minimum absolute atomic E-state index is 0.0794. The average molecular weight is 427 g/mol. The summed E-state index contributed by atoms with van der Waals surface area (Å²) in [6.45, 7) is 1.59. The van der Waals surface area contributed by atoms with E-state index in [9.17, 15) is 14.4 Å². The molecule has 0 saturated heterocycles. The summed E-state index contributed by atoms with van der Waals surface area (Å²) in [6.07, 6.45) is 10.5. The van der Waals surface area contributed by atoms with Crippen LogP contribution in [0.1, 0.15) is 57.1 Å². The minimum atomic E-state index is -0.860. The van der Waals surface area contributed by atoms with Gasteiger partial charge in [0.15, 0.2) is 0 Å². The van der Waals surface area contributed by atoms with Crippen LogP contribution in [0.4, 0.5) is 0 Å². The minimum Gasteiger partial charge on any atom is -0.343 e. The normalized spacial score (nSPS) is 24.2. The van der Waals surface area contributed by atoms with Gasteiger partial charge in [-0.1, -0.05) is 61.7 Å². The van der Waals surface area contributed by atoms with Gasteiger partial charge in [0.05, 0.1) is 6.04 Å². The largest absolute Gasteiger partial charge is 0.343 e. The Hall–Kier alpha value is -2.67. The van der Waals surface area contributed by atoms with E-state index in [0.717, 1.165) is 12.8 Å². The first-order valence-electron chi connectivity index (χ1n) is 11.2. The molecule has 3 amide bonds. The van der Waals surface area contributed by atoms with Crippen molar-refractivity contribution in [2.45, 2.75) is 69.6 Å². The Morgan fingerprint density at radius 2 is 1.77 bits per heavy atom. The summed E-state index contributed by atoms with van der Waals surface area (Å²) in [7, 11) is 1.82. The zero-order valence-electron chi connectivity index (χ0n) is 18.4. The van der Waals surface area contributed by atoms with Crippen LogP contribution in [-0.2, 0) is 14.4 Å². The maximum atomic E-state index is 13.0. The van der Waals surface area contributed by atoms with Crippen LogP contribution in [0, 0.1) is 5.92 Å². The summed E-state index contributed by atoms with van der Waals surface area (Å²) < 4.78 is 0. The van der Waals surface area contributed by atoms with Crippen LogP contribution in [0.2, 0.25) is 0 Å². The van der Waals surface area contributed by atoms with E-state index in [-0.39, 0.29) is 11.9 Å². The molecule has 0 radical (unpaired) electrons. The maximum absolute atomic E-state index is 13.0. The Kier molecular flexibility index (Phi) is 7.85. The second-order valence-corrected chi connectivity index (χ2v) is 8.68. The molecule has 1 aliphatic heterocycles. The number of benzene rings is 1. The Bertz CT molecular complexity index is 804. The maximum Gasteiger partial charge on any atom is 0.245 e. The van der Waals surface area contributed by atoms with Gasteiger partial charge in [-0.05, 0) is 37.7 Å². The molecule has 0 spiro atoms. The molecule has 0 aromatic heterocycles. The highest BCUT2D eigenvalue weighted by molar-refractivity contribution is 5.93. The van der Waals surface area contributed by atoms with Gasteiger partial charge < -0.3 is 21.3 Å². The van der Waals surface area contributed by atoms with Gasteiger partial charge in [-0.15, -0.1) is 0 Å². The highest BCUT2D eigenvalue weighted by atomic mass is 16.2. The van der Waals surface area contributed by atoms with Crippen molar-refractivity contribution in [3.63, 3.8) is 0 Å². The molecule has 1 heterocycles. The number of hydrogen-bond acceptors (Lipinski definition) is 4. The van der Waals surface area contributed by atoms with Crippen LogP contribution in [0.3, 0.4) is 0 Å². The SMILES string of the molecule is C[C@H](NC(=O)[C@@H](N)c1ccccc1)C(=O)N[C@H]1CC=C[C@H](C2CCCCC2)N(C)C1=O. The number of nitrogens with one attached hydrogen (secondary N) is 2. The zero-order valence-corrected chi connectivity index (χ0v) is 18.4. The molecule has 4 atom stereocenters. The van der Waals surface area contributed by atoms with Gasteiger partial charge in [0, 0.05) is 7.05 Å². The predicted molar refractivity (Wildman–Crippen MR) is 120 cm³/mol. The molecule has 1 aliphatic carbocycles. The number of nitrogens with two attached hydrogens (primary N) is 1. The molecular weight excluding hydrogens is 392 g/mol. The van der Waals surface area contributed by atoms with E-state index in [1.54, 1.807) is 36.1 Å². The first kappa shape index (κ1) is 23.0. The molecule has 7 nitrogen and oxygen atoms in total. The summed E-state index contributed by atoms with van der Waals surface area (Å²) in [5.41, 5.74) is 6.68. The van der Waals surface area contributed by atoms with Crippen LogP contribution in [0.15, 0.2) is 42.5 Å². The van der Waals surface area contributed by atoms with Crippen molar-refractivity contribution in [2.24, 2.45) is 11.7 Å². The van der Waals surface area contributed by atoms with E-state index in [1.165, 1.54) is 19.3 Å². The summed E-state index contributed by atoms with van der Waals surface area (Å²) in [6, 6.07) is 6.77. The molecule has 0 bridgehead atoms. The molecule has 2 aliphatic rings. The van der Waals surface area contributed by atoms with Gasteiger partial charge in [-0.3, -0.25) is 14.4 Å². The number of rotatable bonds is 6. The molecule has 1 aromatic rings. The lowest BCUT2D eigenvalue weighted by Crippen LogP contribution is -2.54. The summed E-state index contributed by atoms with van der Waals surface area (Å²) in [5, 5.41) is 5.46. The Labute approximate surface area is 184 Å². The molecule has 3 rings (SSSR count). The number of amides is 3. The second kappa shape index (κ2) is 10.6. The van der Waals surface area contributed by atoms with Gasteiger partial charge in [0.2, 0.25) is 17.7 Å². The molecule has 1 aromatic carbocycles. The molecule has 0 unspecified atom stereocenters. The lowest BCUT2D eigenvalue weighted by atomic mass is 9.83. The van der Waals surface area contributed by atoms with Crippen molar-refractivity contribution in [1.29, 1.82) is 0 Å². The monoisotopic (exact) mass is 426 g/mol. The molecule has 4 N–H and O–H groups in total. The molecule has 1 saturated carbocycles. The highest BCUT2D eigenvalue weighted by Crippen LogP contribution is 2.30. The van der Waals surface area contributed by atoms with Crippen LogP contribution >= 0.6 is 0 Å². The van der Waals surface area contributed by atoms with Crippen molar-refractivity contribution in [3.8, 4) is 0 Å². The van der Waals surface area contributed by atoms with Crippen LogP contribution < -0.4 is 16.4 Å². The predicted octanol–water partition coefficient (Wildman–Crippen LogP) is 2.04. The third-order valence-corrected chi connectivity index (χ3v) is 6.44. The van der Waals surface area contributed by atoms with E-state index < -0.39 is 29.9 Å².